The van der Waals surface area contributed by atoms with Gasteiger partial charge in [0.05, 0.1) is 11.4 Å². The summed E-state index contributed by atoms with van der Waals surface area (Å²) in [6.07, 6.45) is 0.894. The summed E-state index contributed by atoms with van der Waals surface area (Å²) in [5.74, 6) is 0. The second-order valence-electron chi connectivity index (χ2n) is 5.53. The van der Waals surface area contributed by atoms with Crippen LogP contribution in [-0.4, -0.2) is 25.3 Å². The molecule has 0 aromatic heterocycles. The number of halogens is 1. The van der Waals surface area contributed by atoms with Gasteiger partial charge in [0.25, 0.3) is 0 Å². The zero-order valence-electron chi connectivity index (χ0n) is 12.0. The Morgan fingerprint density at radius 2 is 1.71 bits per heavy atom. The van der Waals surface area contributed by atoms with Gasteiger partial charge in [0, 0.05) is 19.5 Å². The Balaban J connectivity index is 1.89. The summed E-state index contributed by atoms with van der Waals surface area (Å²) < 4.78 is 6.28. The van der Waals surface area contributed by atoms with Crippen molar-refractivity contribution in [3.63, 3.8) is 0 Å². The summed E-state index contributed by atoms with van der Waals surface area (Å²) in [6, 6.07) is 21.1. The van der Waals surface area contributed by atoms with E-state index in [2.05, 4.69) is 75.8 Å². The van der Waals surface area contributed by atoms with E-state index in [0.717, 1.165) is 26.1 Å². The first-order valence-electron chi connectivity index (χ1n) is 7.38. The van der Waals surface area contributed by atoms with E-state index in [4.69, 9.17) is 4.74 Å². The summed E-state index contributed by atoms with van der Waals surface area (Å²) in [4.78, 5) is 0.166. The van der Waals surface area contributed by atoms with Crippen LogP contribution in [0.2, 0.25) is 0 Å². The molecule has 2 aromatic rings. The molecule has 1 fully saturated rings. The van der Waals surface area contributed by atoms with Crippen molar-refractivity contribution in [1.82, 2.24) is 5.32 Å². The maximum absolute atomic E-state index is 6.28. The van der Waals surface area contributed by atoms with Crippen molar-refractivity contribution in [2.24, 2.45) is 0 Å². The van der Waals surface area contributed by atoms with Gasteiger partial charge in [-0.15, -0.1) is 0 Å². The third-order valence-corrected chi connectivity index (χ3v) is 5.36. The first-order chi connectivity index (χ1) is 10.3. The number of hydrogen-bond acceptors (Lipinski definition) is 2. The van der Waals surface area contributed by atoms with Crippen LogP contribution < -0.4 is 5.32 Å². The van der Waals surface area contributed by atoms with Crippen LogP contribution in [0.5, 0.6) is 0 Å². The molecule has 3 heteroatoms. The molecule has 1 N–H and O–H groups in total. The van der Waals surface area contributed by atoms with Gasteiger partial charge in [0.2, 0.25) is 0 Å². The van der Waals surface area contributed by atoms with E-state index >= 15 is 0 Å². The number of rotatable bonds is 4. The van der Waals surface area contributed by atoms with Gasteiger partial charge in [0.1, 0.15) is 5.60 Å². The predicted octanol–water partition coefficient (Wildman–Crippen LogP) is 3.72. The lowest BCUT2D eigenvalue weighted by atomic mass is 9.86. The average Bonchev–Trinajstić information content (AvgIpc) is 2.57. The molecule has 0 bridgehead atoms. The third kappa shape index (κ3) is 3.37. The summed E-state index contributed by atoms with van der Waals surface area (Å²) in [5.41, 5.74) is 2.32. The number of ether oxygens (including phenoxy) is 1. The fraction of sp³-hybridized carbons (Fsp3) is 0.333. The van der Waals surface area contributed by atoms with Gasteiger partial charge in [-0.2, -0.15) is 0 Å². The average molecular weight is 346 g/mol. The van der Waals surface area contributed by atoms with E-state index in [1.54, 1.807) is 0 Å². The molecule has 110 valence electrons. The Labute approximate surface area is 134 Å². The fourth-order valence-electron chi connectivity index (χ4n) is 2.91. The molecule has 2 atom stereocenters. The van der Waals surface area contributed by atoms with Crippen molar-refractivity contribution in [3.8, 4) is 0 Å². The molecule has 21 heavy (non-hydrogen) atoms. The maximum atomic E-state index is 6.28. The lowest BCUT2D eigenvalue weighted by Gasteiger charge is -2.42. The molecule has 1 heterocycles. The molecule has 1 saturated heterocycles. The zero-order chi connectivity index (χ0) is 14.5. The third-order valence-electron chi connectivity index (χ3n) is 3.99. The van der Waals surface area contributed by atoms with Crippen LogP contribution in [0.4, 0.5) is 0 Å². The van der Waals surface area contributed by atoms with Crippen LogP contribution in [0, 0.1) is 0 Å². The lowest BCUT2D eigenvalue weighted by molar-refractivity contribution is -0.0657. The molecule has 2 nitrogen and oxygen atoms in total. The Hall–Kier alpha value is -1.16. The monoisotopic (exact) mass is 345 g/mol. The van der Waals surface area contributed by atoms with Crippen LogP contribution >= 0.6 is 15.9 Å². The molecule has 0 amide bonds. The number of benzene rings is 2. The first-order valence-corrected chi connectivity index (χ1v) is 8.29. The minimum absolute atomic E-state index is 0.166. The van der Waals surface area contributed by atoms with Gasteiger partial charge < -0.3 is 10.1 Å². The van der Waals surface area contributed by atoms with Gasteiger partial charge in [-0.3, -0.25) is 0 Å². The highest BCUT2D eigenvalue weighted by atomic mass is 79.9. The summed E-state index contributed by atoms with van der Waals surface area (Å²) in [7, 11) is 0. The molecule has 0 saturated carbocycles. The molecule has 0 radical (unpaired) electrons. The normalized spacial score (nSPS) is 23.7. The largest absolute Gasteiger partial charge is 0.370 e. The van der Waals surface area contributed by atoms with Crippen molar-refractivity contribution in [1.29, 1.82) is 0 Å². The highest BCUT2D eigenvalue weighted by molar-refractivity contribution is 9.09. The van der Waals surface area contributed by atoms with Gasteiger partial charge in [-0.05, 0) is 11.1 Å². The number of alkyl halides is 1. The highest BCUT2D eigenvalue weighted by Crippen LogP contribution is 2.40. The van der Waals surface area contributed by atoms with Gasteiger partial charge in [-0.25, -0.2) is 0 Å². The standard InChI is InChI=1S/C18H20BrNO/c19-17(16-9-5-2-6-10-16)18(14-20-11-12-21-18)13-15-7-3-1-4-8-15/h1-10,17,20H,11-14H2/t17-,18+/m0/s1. The first kappa shape index (κ1) is 14.8. The minimum Gasteiger partial charge on any atom is -0.370 e. The van der Waals surface area contributed by atoms with Crippen molar-refractivity contribution in [2.75, 3.05) is 19.7 Å². The van der Waals surface area contributed by atoms with Crippen LogP contribution in [0.1, 0.15) is 16.0 Å². The highest BCUT2D eigenvalue weighted by Gasteiger charge is 2.41. The van der Waals surface area contributed by atoms with E-state index in [1.807, 2.05) is 6.07 Å². The van der Waals surface area contributed by atoms with E-state index in [1.165, 1.54) is 11.1 Å². The summed E-state index contributed by atoms with van der Waals surface area (Å²) in [5, 5.41) is 3.49. The SMILES string of the molecule is Br[C@@H](c1ccccc1)[C@@]1(Cc2ccccc2)CNCCO1. The van der Waals surface area contributed by atoms with Crippen LogP contribution in [-0.2, 0) is 11.2 Å². The second-order valence-corrected chi connectivity index (χ2v) is 6.44. The molecular weight excluding hydrogens is 326 g/mol. The Bertz CT molecular complexity index is 552. The summed E-state index contributed by atoms with van der Waals surface area (Å²) in [6.45, 7) is 2.53. The number of morpholine rings is 1. The van der Waals surface area contributed by atoms with Crippen molar-refractivity contribution in [3.05, 3.63) is 71.8 Å². The second kappa shape index (κ2) is 6.73. The van der Waals surface area contributed by atoms with Gasteiger partial charge in [0.15, 0.2) is 0 Å². The van der Waals surface area contributed by atoms with E-state index in [-0.39, 0.29) is 10.4 Å². The van der Waals surface area contributed by atoms with Crippen LogP contribution in [0.15, 0.2) is 60.7 Å². The molecule has 0 aliphatic carbocycles. The van der Waals surface area contributed by atoms with Gasteiger partial charge >= 0.3 is 0 Å². The smallest absolute Gasteiger partial charge is 0.101 e. The predicted molar refractivity (Wildman–Crippen MR) is 89.8 cm³/mol. The topological polar surface area (TPSA) is 21.3 Å². The molecule has 3 rings (SSSR count). The molecule has 0 unspecified atom stereocenters. The van der Waals surface area contributed by atoms with Crippen molar-refractivity contribution in [2.45, 2.75) is 16.8 Å². The van der Waals surface area contributed by atoms with E-state index in [0.29, 0.717) is 0 Å². The van der Waals surface area contributed by atoms with Crippen LogP contribution in [0.25, 0.3) is 0 Å². The van der Waals surface area contributed by atoms with Gasteiger partial charge in [-0.1, -0.05) is 76.6 Å². The lowest BCUT2D eigenvalue weighted by Crippen LogP contribution is -2.53. The van der Waals surface area contributed by atoms with Crippen molar-refractivity contribution < 1.29 is 4.74 Å². The number of nitrogens with one attached hydrogen (secondary N) is 1. The van der Waals surface area contributed by atoms with E-state index < -0.39 is 0 Å². The molecule has 1 aliphatic heterocycles. The Morgan fingerprint density at radius 1 is 1.05 bits per heavy atom. The zero-order valence-corrected chi connectivity index (χ0v) is 13.6. The number of hydrogen-bond donors (Lipinski definition) is 1. The van der Waals surface area contributed by atoms with Crippen molar-refractivity contribution >= 4 is 15.9 Å². The summed E-state index contributed by atoms with van der Waals surface area (Å²) >= 11 is 3.90. The Kier molecular flexibility index (Phi) is 4.73. The molecule has 1 aliphatic rings. The quantitative estimate of drug-likeness (QED) is 0.852. The molecule has 2 aromatic carbocycles. The fourth-order valence-corrected chi connectivity index (χ4v) is 3.67. The molecule has 0 spiro atoms. The maximum Gasteiger partial charge on any atom is 0.101 e. The van der Waals surface area contributed by atoms with E-state index in [9.17, 15) is 0 Å². The molecular formula is C18H20BrNO. The van der Waals surface area contributed by atoms with Crippen LogP contribution in [0.3, 0.4) is 0 Å². The Morgan fingerprint density at radius 3 is 2.33 bits per heavy atom. The minimum atomic E-state index is -0.249.